The van der Waals surface area contributed by atoms with Crippen LogP contribution in [0.25, 0.3) is 0 Å². The van der Waals surface area contributed by atoms with Gasteiger partial charge in [-0.2, -0.15) is 0 Å². The summed E-state index contributed by atoms with van der Waals surface area (Å²) in [4.78, 5) is 0. The number of nitrogens with zero attached hydrogens (tertiary/aromatic N) is 1. The molecule has 0 aromatic heterocycles. The molecule has 0 heterocycles. The van der Waals surface area contributed by atoms with Gasteiger partial charge < -0.3 is 26.7 Å². The van der Waals surface area contributed by atoms with Crippen LogP contribution in [0.4, 0.5) is 0 Å². The topological polar surface area (TPSA) is 29.5 Å². The van der Waals surface area contributed by atoms with E-state index in [2.05, 4.69) is 79.0 Å². The third-order valence-electron chi connectivity index (χ3n) is 4.83. The fourth-order valence-electron chi connectivity index (χ4n) is 3.69. The van der Waals surface area contributed by atoms with Crippen molar-refractivity contribution in [1.29, 1.82) is 0 Å². The van der Waals surface area contributed by atoms with Crippen molar-refractivity contribution in [3.05, 3.63) is 63.7 Å². The van der Waals surface area contributed by atoms with Crippen molar-refractivity contribution >= 4 is 0 Å². The maximum Gasteiger partial charge on any atom is 0.137 e. The van der Waals surface area contributed by atoms with Gasteiger partial charge in [0.05, 0.1) is 14.1 Å². The number of benzene rings is 2. The Morgan fingerprint density at radius 1 is 0.889 bits per heavy atom. The summed E-state index contributed by atoms with van der Waals surface area (Å²) in [5.41, 5.74) is 7.41. The standard InChI is InChI=1S/C23H34NO2.ClH/c1-16-8-9-18(3)21(12-16)13-24(6,7)14-22(25)15-26-23-19(4)10-17(2)11-20(23)5;/h8-12,22,25H,13-15H2,1-7H3;1H/q+1;/p-1. The molecular formula is C23H34ClNO2. The highest BCUT2D eigenvalue weighted by molar-refractivity contribution is 5.42. The molecule has 150 valence electrons. The zero-order valence-electron chi connectivity index (χ0n) is 17.8. The van der Waals surface area contributed by atoms with Crippen LogP contribution in [-0.4, -0.2) is 42.9 Å². The Kier molecular flexibility index (Phi) is 8.34. The number of aryl methyl sites for hydroxylation is 5. The highest BCUT2D eigenvalue weighted by Crippen LogP contribution is 2.25. The van der Waals surface area contributed by atoms with Crippen LogP contribution in [0.5, 0.6) is 5.75 Å². The number of rotatable bonds is 7. The van der Waals surface area contributed by atoms with Crippen molar-refractivity contribution in [2.45, 2.75) is 47.3 Å². The van der Waals surface area contributed by atoms with E-state index < -0.39 is 6.10 Å². The number of hydrogen-bond acceptors (Lipinski definition) is 2. The smallest absolute Gasteiger partial charge is 0.137 e. The van der Waals surface area contributed by atoms with Crippen LogP contribution >= 0.6 is 0 Å². The molecule has 0 amide bonds. The quantitative estimate of drug-likeness (QED) is 0.720. The first-order valence-corrected chi connectivity index (χ1v) is 9.34. The van der Waals surface area contributed by atoms with E-state index in [-0.39, 0.29) is 12.4 Å². The summed E-state index contributed by atoms with van der Waals surface area (Å²) in [5, 5.41) is 10.5. The van der Waals surface area contributed by atoms with Crippen molar-refractivity contribution in [3.8, 4) is 5.75 Å². The van der Waals surface area contributed by atoms with Crippen LogP contribution in [-0.2, 0) is 6.54 Å². The zero-order chi connectivity index (χ0) is 19.5. The molecule has 2 aromatic rings. The summed E-state index contributed by atoms with van der Waals surface area (Å²) >= 11 is 0. The molecule has 4 heteroatoms. The van der Waals surface area contributed by atoms with E-state index in [1.165, 1.54) is 22.3 Å². The summed E-state index contributed by atoms with van der Waals surface area (Å²) in [6, 6.07) is 10.8. The zero-order valence-corrected chi connectivity index (χ0v) is 18.5. The molecule has 3 nitrogen and oxygen atoms in total. The van der Waals surface area contributed by atoms with E-state index in [4.69, 9.17) is 4.74 Å². The van der Waals surface area contributed by atoms with Gasteiger partial charge in [0.15, 0.2) is 0 Å². The molecule has 1 N–H and O–H groups in total. The van der Waals surface area contributed by atoms with E-state index in [0.29, 0.717) is 13.2 Å². The van der Waals surface area contributed by atoms with Gasteiger partial charge in [-0.15, -0.1) is 0 Å². The monoisotopic (exact) mass is 391 g/mol. The number of halogens is 1. The Morgan fingerprint density at radius 2 is 1.48 bits per heavy atom. The van der Waals surface area contributed by atoms with Gasteiger partial charge in [-0.3, -0.25) is 0 Å². The predicted molar refractivity (Wildman–Crippen MR) is 109 cm³/mol. The lowest BCUT2D eigenvalue weighted by Crippen LogP contribution is -3.00. The number of hydrogen-bond donors (Lipinski definition) is 1. The van der Waals surface area contributed by atoms with Crippen LogP contribution < -0.4 is 17.1 Å². The molecule has 0 fully saturated rings. The summed E-state index contributed by atoms with van der Waals surface area (Å²) in [5.74, 6) is 0.898. The molecule has 0 saturated heterocycles. The van der Waals surface area contributed by atoms with Gasteiger partial charge in [0.25, 0.3) is 0 Å². The Bertz CT molecular complexity index is 748. The summed E-state index contributed by atoms with van der Waals surface area (Å²) < 4.78 is 6.69. The molecular weight excluding hydrogens is 358 g/mol. The first-order valence-electron chi connectivity index (χ1n) is 9.34. The molecule has 0 aliphatic rings. The fourth-order valence-corrected chi connectivity index (χ4v) is 3.69. The van der Waals surface area contributed by atoms with Crippen LogP contribution in [0, 0.1) is 34.6 Å². The van der Waals surface area contributed by atoms with Crippen LogP contribution in [0.3, 0.4) is 0 Å². The second-order valence-corrected chi connectivity index (χ2v) is 8.40. The number of ether oxygens (including phenoxy) is 1. The van der Waals surface area contributed by atoms with E-state index in [1.807, 2.05) is 0 Å². The van der Waals surface area contributed by atoms with Crippen molar-refractivity contribution in [3.63, 3.8) is 0 Å². The maximum absolute atomic E-state index is 10.5. The molecule has 0 radical (unpaired) electrons. The molecule has 1 unspecified atom stereocenters. The van der Waals surface area contributed by atoms with Crippen molar-refractivity contribution < 1.29 is 26.7 Å². The number of likely N-dealkylation sites (N-methyl/N-ethyl adjacent to an activating group) is 1. The second kappa shape index (κ2) is 9.59. The van der Waals surface area contributed by atoms with Crippen LogP contribution in [0.2, 0.25) is 0 Å². The Hall–Kier alpha value is -1.55. The van der Waals surface area contributed by atoms with Crippen LogP contribution in [0.1, 0.15) is 33.4 Å². The average Bonchev–Trinajstić information content (AvgIpc) is 2.49. The Labute approximate surface area is 171 Å². The maximum atomic E-state index is 10.5. The van der Waals surface area contributed by atoms with Gasteiger partial charge in [0.1, 0.15) is 31.5 Å². The minimum atomic E-state index is -0.504. The van der Waals surface area contributed by atoms with Crippen LogP contribution in [0.15, 0.2) is 30.3 Å². The normalized spacial score (nSPS) is 12.4. The predicted octanol–water partition coefficient (Wildman–Crippen LogP) is 1.25. The van der Waals surface area contributed by atoms with Gasteiger partial charge in [0, 0.05) is 5.56 Å². The van der Waals surface area contributed by atoms with Crippen molar-refractivity contribution in [2.24, 2.45) is 0 Å². The molecule has 0 bridgehead atoms. The van der Waals surface area contributed by atoms with Gasteiger partial charge in [-0.1, -0.05) is 41.5 Å². The largest absolute Gasteiger partial charge is 1.00 e. The second-order valence-electron chi connectivity index (χ2n) is 8.40. The third kappa shape index (κ3) is 6.84. The first-order chi connectivity index (χ1) is 12.1. The molecule has 1 atom stereocenters. The van der Waals surface area contributed by atoms with Gasteiger partial charge in [0.2, 0.25) is 0 Å². The molecule has 0 aliphatic carbocycles. The van der Waals surface area contributed by atoms with Crippen molar-refractivity contribution in [1.82, 2.24) is 0 Å². The molecule has 0 saturated carbocycles. The molecule has 2 rings (SSSR count). The SMILES string of the molecule is Cc1cc(C)c(OCC(O)C[N+](C)(C)Cc2cc(C)ccc2C)c(C)c1.[Cl-]. The summed E-state index contributed by atoms with van der Waals surface area (Å²) in [7, 11) is 4.32. The highest BCUT2D eigenvalue weighted by Gasteiger charge is 2.23. The molecule has 0 aliphatic heterocycles. The lowest BCUT2D eigenvalue weighted by molar-refractivity contribution is -0.906. The highest BCUT2D eigenvalue weighted by atomic mass is 35.5. The number of aliphatic hydroxyl groups excluding tert-OH is 1. The lowest BCUT2D eigenvalue weighted by Gasteiger charge is -2.32. The van der Waals surface area contributed by atoms with E-state index in [9.17, 15) is 5.11 Å². The fraction of sp³-hybridized carbons (Fsp3) is 0.478. The van der Waals surface area contributed by atoms with E-state index in [1.54, 1.807) is 0 Å². The molecule has 0 spiro atoms. The summed E-state index contributed by atoms with van der Waals surface area (Å²) in [6.45, 7) is 12.3. The van der Waals surface area contributed by atoms with Gasteiger partial charge >= 0.3 is 0 Å². The minimum absolute atomic E-state index is 0. The number of quaternary nitrogens is 1. The van der Waals surface area contributed by atoms with Gasteiger partial charge in [-0.25, -0.2) is 0 Å². The average molecular weight is 392 g/mol. The Morgan fingerprint density at radius 3 is 2.07 bits per heavy atom. The first kappa shape index (κ1) is 23.5. The number of aliphatic hydroxyl groups is 1. The van der Waals surface area contributed by atoms with Crippen molar-refractivity contribution in [2.75, 3.05) is 27.2 Å². The van der Waals surface area contributed by atoms with E-state index >= 15 is 0 Å². The molecule has 2 aromatic carbocycles. The lowest BCUT2D eigenvalue weighted by atomic mass is 10.0. The summed E-state index contributed by atoms with van der Waals surface area (Å²) in [6.07, 6.45) is -0.504. The Balaban J connectivity index is 0.00000364. The van der Waals surface area contributed by atoms with Gasteiger partial charge in [-0.05, 0) is 51.3 Å². The molecule has 27 heavy (non-hydrogen) atoms. The minimum Gasteiger partial charge on any atom is -1.00 e. The van der Waals surface area contributed by atoms with E-state index in [0.717, 1.165) is 27.9 Å². The third-order valence-corrected chi connectivity index (χ3v) is 4.83.